The molecule has 0 bridgehead atoms. The lowest BCUT2D eigenvalue weighted by Gasteiger charge is -2.26. The lowest BCUT2D eigenvalue weighted by molar-refractivity contribution is -0.123. The Morgan fingerprint density at radius 1 is 1.24 bits per heavy atom. The number of amides is 2. The molecule has 1 unspecified atom stereocenters. The van der Waals surface area contributed by atoms with Crippen LogP contribution in [0.2, 0.25) is 0 Å². The Morgan fingerprint density at radius 2 is 1.91 bits per heavy atom. The molecule has 1 saturated heterocycles. The first-order valence-corrected chi connectivity index (χ1v) is 11.8. The predicted molar refractivity (Wildman–Crippen MR) is 128 cm³/mol. The van der Waals surface area contributed by atoms with Crippen molar-refractivity contribution in [3.05, 3.63) is 35.9 Å². The molecule has 3 rings (SSSR count). The zero-order valence-corrected chi connectivity index (χ0v) is 20.3. The molecule has 1 aromatic rings. The van der Waals surface area contributed by atoms with Crippen LogP contribution in [0.3, 0.4) is 0 Å². The number of aliphatic imine (C=N–C) groups is 1. The van der Waals surface area contributed by atoms with E-state index in [1.54, 1.807) is 0 Å². The van der Waals surface area contributed by atoms with Crippen molar-refractivity contribution in [2.75, 3.05) is 39.5 Å². The minimum absolute atomic E-state index is 0.199. The number of carbonyl (C=O) groups is 2. The maximum atomic E-state index is 13.1. The number of benzene rings is 1. The Hall–Kier alpha value is -2.96. The number of amidine groups is 1. The lowest BCUT2D eigenvalue weighted by atomic mass is 9.88. The van der Waals surface area contributed by atoms with Crippen LogP contribution in [0.1, 0.15) is 45.6 Å². The minimum atomic E-state index is -0.790. The molecular weight excluding hydrogens is 434 g/mol. The summed E-state index contributed by atoms with van der Waals surface area (Å²) in [6, 6.07) is 10.6. The third-order valence-corrected chi connectivity index (χ3v) is 5.73. The number of hydrogen-bond acceptors (Lipinski definition) is 7. The highest BCUT2D eigenvalue weighted by molar-refractivity contribution is 6.07. The van der Waals surface area contributed by atoms with Crippen LogP contribution in [0.25, 0.3) is 0 Å². The normalized spacial score (nSPS) is 18.9. The fourth-order valence-corrected chi connectivity index (χ4v) is 3.64. The molecule has 184 valence electrons. The molecule has 0 spiro atoms. The predicted octanol–water partition coefficient (Wildman–Crippen LogP) is 2.47. The molecule has 9 nitrogen and oxygen atoms in total. The molecule has 2 aliphatic rings. The van der Waals surface area contributed by atoms with E-state index in [1.807, 2.05) is 51.1 Å². The second-order valence-corrected chi connectivity index (χ2v) is 10.0. The van der Waals surface area contributed by atoms with Crippen LogP contribution < -0.4 is 10.6 Å². The molecule has 2 N–H and O–H groups in total. The first-order chi connectivity index (χ1) is 16.2. The molecule has 1 atom stereocenters. The fourth-order valence-electron chi connectivity index (χ4n) is 3.64. The van der Waals surface area contributed by atoms with Gasteiger partial charge in [-0.15, -0.1) is 0 Å². The molecule has 0 aromatic heterocycles. The minimum Gasteiger partial charge on any atom is -0.448 e. The number of carbonyl (C=O) groups excluding carboxylic acids is 2. The molecule has 1 aliphatic heterocycles. The third-order valence-electron chi connectivity index (χ3n) is 5.73. The van der Waals surface area contributed by atoms with Crippen molar-refractivity contribution in [3.63, 3.8) is 0 Å². The van der Waals surface area contributed by atoms with Gasteiger partial charge < -0.3 is 14.8 Å². The van der Waals surface area contributed by atoms with Gasteiger partial charge in [0.05, 0.1) is 19.3 Å². The Kier molecular flexibility index (Phi) is 8.64. The molecule has 1 heterocycles. The highest BCUT2D eigenvalue weighted by Crippen LogP contribution is 2.35. The van der Waals surface area contributed by atoms with Gasteiger partial charge in [-0.05, 0) is 24.7 Å². The zero-order chi connectivity index (χ0) is 24.6. The third kappa shape index (κ3) is 8.12. The number of morpholine rings is 1. The second kappa shape index (κ2) is 11.4. The number of nitrogens with one attached hydrogen (secondary N) is 2. The second-order valence-electron chi connectivity index (χ2n) is 10.0. The van der Waals surface area contributed by atoms with Gasteiger partial charge in [0.15, 0.2) is 0 Å². The van der Waals surface area contributed by atoms with Crippen molar-refractivity contribution in [2.24, 2.45) is 10.4 Å². The number of nitrogens with zero attached hydrogens (tertiary/aromatic N) is 3. The van der Waals surface area contributed by atoms with E-state index in [0.717, 1.165) is 13.1 Å². The van der Waals surface area contributed by atoms with E-state index in [1.165, 1.54) is 0 Å². The van der Waals surface area contributed by atoms with Crippen LogP contribution in [0.15, 0.2) is 35.3 Å². The van der Waals surface area contributed by atoms with Crippen molar-refractivity contribution in [1.29, 1.82) is 5.26 Å². The summed E-state index contributed by atoms with van der Waals surface area (Å²) in [5, 5.41) is 15.0. The average Bonchev–Trinajstić information content (AvgIpc) is 3.58. The standard InChI is InChI=1S/C25H35N5O4/c1-24(2,3)17-20(22(31)29-25(18-26)9-10-25)27-21(19-7-5-4-6-8-19)28-23(32)34-16-13-30-11-14-33-15-12-30/h4-8,20H,9-17H2,1-3H3,(H,29,31)(H,27,28,32). The van der Waals surface area contributed by atoms with E-state index in [9.17, 15) is 14.9 Å². The first-order valence-electron chi connectivity index (χ1n) is 11.8. The number of nitriles is 1. The van der Waals surface area contributed by atoms with Gasteiger partial charge in [-0.25, -0.2) is 4.79 Å². The van der Waals surface area contributed by atoms with Crippen molar-refractivity contribution < 1.29 is 19.1 Å². The van der Waals surface area contributed by atoms with Crippen LogP contribution >= 0.6 is 0 Å². The van der Waals surface area contributed by atoms with E-state index in [4.69, 9.17) is 9.47 Å². The van der Waals surface area contributed by atoms with Gasteiger partial charge in [0.2, 0.25) is 5.91 Å². The molecule has 9 heteroatoms. The van der Waals surface area contributed by atoms with Gasteiger partial charge in [-0.1, -0.05) is 51.1 Å². The van der Waals surface area contributed by atoms with Crippen LogP contribution in [0.5, 0.6) is 0 Å². The first kappa shape index (κ1) is 25.7. The van der Waals surface area contributed by atoms with E-state index in [0.29, 0.717) is 44.6 Å². The SMILES string of the molecule is CC(C)(C)CC(N=C(NC(=O)OCCN1CCOCC1)c1ccccc1)C(=O)NC1(C#N)CC1. The molecule has 34 heavy (non-hydrogen) atoms. The summed E-state index contributed by atoms with van der Waals surface area (Å²) in [6.45, 7) is 9.93. The highest BCUT2D eigenvalue weighted by Gasteiger charge is 2.46. The summed E-state index contributed by atoms with van der Waals surface area (Å²) >= 11 is 0. The van der Waals surface area contributed by atoms with Crippen LogP contribution in [0.4, 0.5) is 4.79 Å². The molecule has 1 aromatic carbocycles. The van der Waals surface area contributed by atoms with Crippen molar-refractivity contribution in [2.45, 2.75) is 51.6 Å². The van der Waals surface area contributed by atoms with Gasteiger partial charge in [0, 0.05) is 25.2 Å². The highest BCUT2D eigenvalue weighted by atomic mass is 16.5. The van der Waals surface area contributed by atoms with Crippen molar-refractivity contribution >= 4 is 17.8 Å². The summed E-state index contributed by atoms with van der Waals surface area (Å²) in [6.07, 6.45) is 1.10. The number of hydrogen-bond donors (Lipinski definition) is 2. The largest absolute Gasteiger partial charge is 0.448 e. The smallest absolute Gasteiger partial charge is 0.412 e. The quantitative estimate of drug-likeness (QED) is 0.446. The number of alkyl carbamates (subject to hydrolysis) is 1. The molecule has 1 saturated carbocycles. The summed E-state index contributed by atoms with van der Waals surface area (Å²) in [5.41, 5.74) is -0.322. The summed E-state index contributed by atoms with van der Waals surface area (Å²) in [5.74, 6) is -0.0481. The van der Waals surface area contributed by atoms with Gasteiger partial charge >= 0.3 is 6.09 Å². The van der Waals surface area contributed by atoms with E-state index in [2.05, 4.69) is 26.6 Å². The fraction of sp³-hybridized carbons (Fsp3) is 0.600. The Balaban J connectivity index is 1.73. The van der Waals surface area contributed by atoms with Crippen molar-refractivity contribution in [1.82, 2.24) is 15.5 Å². The zero-order valence-electron chi connectivity index (χ0n) is 20.3. The summed E-state index contributed by atoms with van der Waals surface area (Å²) < 4.78 is 10.7. The van der Waals surface area contributed by atoms with E-state index in [-0.39, 0.29) is 23.8 Å². The van der Waals surface area contributed by atoms with E-state index >= 15 is 0 Å². The Labute approximate surface area is 201 Å². The maximum Gasteiger partial charge on any atom is 0.412 e. The van der Waals surface area contributed by atoms with Gasteiger partial charge in [0.25, 0.3) is 0 Å². The van der Waals surface area contributed by atoms with E-state index < -0.39 is 17.7 Å². The average molecular weight is 470 g/mol. The topological polar surface area (TPSA) is 116 Å². The van der Waals surface area contributed by atoms with Gasteiger partial charge in [-0.2, -0.15) is 5.26 Å². The van der Waals surface area contributed by atoms with Gasteiger partial charge in [0.1, 0.15) is 24.0 Å². The van der Waals surface area contributed by atoms with Crippen LogP contribution in [-0.4, -0.2) is 73.8 Å². The maximum absolute atomic E-state index is 13.1. The molecule has 2 fully saturated rings. The molecule has 1 aliphatic carbocycles. The Bertz CT molecular complexity index is 909. The lowest BCUT2D eigenvalue weighted by Crippen LogP contribution is -2.44. The molecule has 2 amide bonds. The number of rotatable bonds is 8. The van der Waals surface area contributed by atoms with Crippen LogP contribution in [-0.2, 0) is 14.3 Å². The summed E-state index contributed by atoms with van der Waals surface area (Å²) in [4.78, 5) is 32.5. The Morgan fingerprint density at radius 3 is 2.50 bits per heavy atom. The molecular formula is C25H35N5O4. The number of ether oxygens (including phenoxy) is 2. The van der Waals surface area contributed by atoms with Crippen molar-refractivity contribution in [3.8, 4) is 6.07 Å². The van der Waals surface area contributed by atoms with Crippen LogP contribution in [0, 0.1) is 16.7 Å². The van der Waals surface area contributed by atoms with Gasteiger partial charge in [-0.3, -0.25) is 20.0 Å². The summed E-state index contributed by atoms with van der Waals surface area (Å²) in [7, 11) is 0. The monoisotopic (exact) mass is 469 g/mol. The molecule has 0 radical (unpaired) electrons.